The number of nitrogens with one attached hydrogen (secondary N) is 1. The number of carbonyl (C=O) groups excluding carboxylic acids is 2. The lowest BCUT2D eigenvalue weighted by atomic mass is 10.2. The molecule has 0 aliphatic heterocycles. The van der Waals surface area contributed by atoms with Gasteiger partial charge in [-0.05, 0) is 43.3 Å². The number of ether oxygens (including phenoxy) is 1. The van der Waals surface area contributed by atoms with Gasteiger partial charge in [-0.15, -0.1) is 11.8 Å². The van der Waals surface area contributed by atoms with E-state index in [2.05, 4.69) is 5.32 Å². The molecule has 0 saturated heterocycles. The number of pyridine rings is 1. The summed E-state index contributed by atoms with van der Waals surface area (Å²) in [7, 11) is 1.42. The van der Waals surface area contributed by atoms with Crippen molar-refractivity contribution in [1.82, 2.24) is 4.57 Å². The Morgan fingerprint density at radius 3 is 2.39 bits per heavy atom. The fourth-order valence-electron chi connectivity index (χ4n) is 2.88. The van der Waals surface area contributed by atoms with Gasteiger partial charge in [-0.1, -0.05) is 17.7 Å². The summed E-state index contributed by atoms with van der Waals surface area (Å²) in [5.74, 6) is -0.126. The minimum Gasteiger partial charge on any atom is -0.491 e. The van der Waals surface area contributed by atoms with Crippen molar-refractivity contribution in [1.29, 1.82) is 0 Å². The van der Waals surface area contributed by atoms with Crippen molar-refractivity contribution in [2.24, 2.45) is 5.73 Å². The zero-order valence-corrected chi connectivity index (χ0v) is 18.1. The van der Waals surface area contributed by atoms with Crippen molar-refractivity contribution in [3.8, 4) is 5.75 Å². The van der Waals surface area contributed by atoms with Gasteiger partial charge in [-0.2, -0.15) is 0 Å². The Balaban J connectivity index is 1.76. The van der Waals surface area contributed by atoms with Crippen molar-refractivity contribution < 1.29 is 14.3 Å². The van der Waals surface area contributed by atoms with Crippen LogP contribution in [-0.4, -0.2) is 23.5 Å². The highest BCUT2D eigenvalue weighted by atomic mass is 32.2. The maximum atomic E-state index is 12.6. The van der Waals surface area contributed by atoms with Crippen LogP contribution in [0.2, 0.25) is 0 Å². The second-order valence-electron chi connectivity index (χ2n) is 6.92. The number of anilines is 1. The number of nitrogens with two attached hydrogens (primary N) is 1. The third-order valence-corrected chi connectivity index (χ3v) is 5.62. The van der Waals surface area contributed by atoms with Crippen molar-refractivity contribution in [2.75, 3.05) is 12.4 Å². The SMILES string of the molecule is COc1cn(CC(=O)Nc2ccc(C(N)=O)cc2)c(CSc2ccc(C)cc2)cc1=O. The van der Waals surface area contributed by atoms with E-state index < -0.39 is 5.91 Å². The molecule has 31 heavy (non-hydrogen) atoms. The zero-order valence-electron chi connectivity index (χ0n) is 17.3. The minimum atomic E-state index is -0.533. The number of amides is 2. The van der Waals surface area contributed by atoms with Gasteiger partial charge < -0.3 is 20.4 Å². The van der Waals surface area contributed by atoms with Crippen molar-refractivity contribution in [3.05, 3.63) is 87.8 Å². The Hall–Kier alpha value is -3.52. The molecule has 8 heteroatoms. The molecule has 0 aliphatic rings. The highest BCUT2D eigenvalue weighted by Crippen LogP contribution is 2.23. The molecule has 2 amide bonds. The molecule has 3 N–H and O–H groups in total. The van der Waals surface area contributed by atoms with Gasteiger partial charge >= 0.3 is 0 Å². The summed E-state index contributed by atoms with van der Waals surface area (Å²) in [4.78, 5) is 37.1. The molecule has 3 rings (SSSR count). The predicted octanol–water partition coefficient (Wildman–Crippen LogP) is 3.20. The number of carbonyl (C=O) groups is 2. The van der Waals surface area contributed by atoms with E-state index in [9.17, 15) is 14.4 Å². The number of aryl methyl sites for hydroxylation is 1. The van der Waals surface area contributed by atoms with E-state index in [1.807, 2.05) is 31.2 Å². The highest BCUT2D eigenvalue weighted by Gasteiger charge is 2.12. The smallest absolute Gasteiger partial charge is 0.248 e. The molecule has 1 heterocycles. The number of primary amides is 1. The van der Waals surface area contributed by atoms with Gasteiger partial charge in [0.25, 0.3) is 0 Å². The zero-order chi connectivity index (χ0) is 22.4. The van der Waals surface area contributed by atoms with Crippen molar-refractivity contribution in [3.63, 3.8) is 0 Å². The second-order valence-corrected chi connectivity index (χ2v) is 7.97. The molecular formula is C23H23N3O4S. The van der Waals surface area contributed by atoms with Gasteiger partial charge in [-0.3, -0.25) is 14.4 Å². The lowest BCUT2D eigenvalue weighted by molar-refractivity contribution is -0.116. The number of nitrogens with zero attached hydrogens (tertiary/aromatic N) is 1. The molecule has 0 atom stereocenters. The summed E-state index contributed by atoms with van der Waals surface area (Å²) < 4.78 is 6.84. The van der Waals surface area contributed by atoms with Gasteiger partial charge in [0, 0.05) is 33.7 Å². The predicted molar refractivity (Wildman–Crippen MR) is 122 cm³/mol. The largest absolute Gasteiger partial charge is 0.491 e. The first-order valence-corrected chi connectivity index (χ1v) is 10.5. The molecule has 0 fully saturated rings. The van der Waals surface area contributed by atoms with Gasteiger partial charge in [0.05, 0.1) is 13.3 Å². The van der Waals surface area contributed by atoms with Gasteiger partial charge in [0.1, 0.15) is 6.54 Å². The van der Waals surface area contributed by atoms with E-state index in [0.717, 1.165) is 4.90 Å². The van der Waals surface area contributed by atoms with Crippen molar-refractivity contribution >= 4 is 29.3 Å². The number of methoxy groups -OCH3 is 1. The molecule has 2 aromatic carbocycles. The Bertz CT molecular complexity index is 1140. The quantitative estimate of drug-likeness (QED) is 0.527. The summed E-state index contributed by atoms with van der Waals surface area (Å²) in [5.41, 5.74) is 7.77. The molecular weight excluding hydrogens is 414 g/mol. The standard InChI is InChI=1S/C23H23N3O4S/c1-15-3-9-19(10-4-15)31-14-18-11-20(27)21(30-2)12-26(18)13-22(28)25-17-7-5-16(6-8-17)23(24)29/h3-12H,13-14H2,1-2H3,(H2,24,29)(H,25,28). The van der Waals surface area contributed by atoms with E-state index in [1.54, 1.807) is 46.8 Å². The average Bonchev–Trinajstić information content (AvgIpc) is 2.75. The molecule has 3 aromatic rings. The van der Waals surface area contributed by atoms with Crippen LogP contribution >= 0.6 is 11.8 Å². The topological polar surface area (TPSA) is 103 Å². The first kappa shape index (κ1) is 22.2. The van der Waals surface area contributed by atoms with E-state index in [4.69, 9.17) is 10.5 Å². The van der Waals surface area contributed by atoms with Crippen LogP contribution in [0.1, 0.15) is 21.6 Å². The second kappa shape index (κ2) is 9.99. The van der Waals surface area contributed by atoms with E-state index in [-0.39, 0.29) is 23.6 Å². The molecule has 160 valence electrons. The normalized spacial score (nSPS) is 10.5. The maximum Gasteiger partial charge on any atom is 0.248 e. The first-order chi connectivity index (χ1) is 14.9. The van der Waals surface area contributed by atoms with Crippen LogP contribution in [0.15, 0.2) is 70.5 Å². The molecule has 0 bridgehead atoms. The maximum absolute atomic E-state index is 12.6. The van der Waals surface area contributed by atoms with E-state index >= 15 is 0 Å². The van der Waals surface area contributed by atoms with Crippen molar-refractivity contribution in [2.45, 2.75) is 24.1 Å². The summed E-state index contributed by atoms with van der Waals surface area (Å²) >= 11 is 1.58. The number of benzene rings is 2. The number of rotatable bonds is 8. The molecule has 0 aliphatic carbocycles. The Kier molecular flexibility index (Phi) is 7.15. The fraction of sp³-hybridized carbons (Fsp3) is 0.174. The number of hydrogen-bond acceptors (Lipinski definition) is 5. The molecule has 7 nitrogen and oxygen atoms in total. The number of aromatic nitrogens is 1. The van der Waals surface area contributed by atoms with E-state index in [1.165, 1.54) is 18.7 Å². The summed E-state index contributed by atoms with van der Waals surface area (Å²) in [5, 5.41) is 2.78. The van der Waals surface area contributed by atoms with Crippen LogP contribution in [0, 0.1) is 6.92 Å². The Labute approximate surface area is 184 Å². The Morgan fingerprint density at radius 2 is 1.77 bits per heavy atom. The van der Waals surface area contributed by atoms with Gasteiger partial charge in [0.15, 0.2) is 5.75 Å². The lowest BCUT2D eigenvalue weighted by Gasteiger charge is -2.15. The minimum absolute atomic E-state index is 0.00198. The molecule has 1 aromatic heterocycles. The molecule has 0 unspecified atom stereocenters. The lowest BCUT2D eigenvalue weighted by Crippen LogP contribution is -2.22. The average molecular weight is 438 g/mol. The first-order valence-electron chi connectivity index (χ1n) is 9.52. The van der Waals surface area contributed by atoms with Crippen LogP contribution in [-0.2, 0) is 17.1 Å². The highest BCUT2D eigenvalue weighted by molar-refractivity contribution is 7.98. The van der Waals surface area contributed by atoms with Crippen LogP contribution in [0.3, 0.4) is 0 Å². The number of thioether (sulfide) groups is 1. The van der Waals surface area contributed by atoms with Crippen LogP contribution in [0.4, 0.5) is 5.69 Å². The fourth-order valence-corrected chi connectivity index (χ4v) is 3.78. The molecule has 0 saturated carbocycles. The third-order valence-electron chi connectivity index (χ3n) is 4.58. The summed E-state index contributed by atoms with van der Waals surface area (Å²) in [6.45, 7) is 2.02. The van der Waals surface area contributed by atoms with Crippen LogP contribution < -0.4 is 21.2 Å². The summed E-state index contributed by atoms with van der Waals surface area (Å²) in [6, 6.07) is 15.9. The van der Waals surface area contributed by atoms with E-state index in [0.29, 0.717) is 22.7 Å². The third kappa shape index (κ3) is 5.99. The van der Waals surface area contributed by atoms with Crippen LogP contribution in [0.25, 0.3) is 0 Å². The Morgan fingerprint density at radius 1 is 1.10 bits per heavy atom. The summed E-state index contributed by atoms with van der Waals surface area (Å²) in [6.07, 6.45) is 1.54. The van der Waals surface area contributed by atoms with Gasteiger partial charge in [0.2, 0.25) is 17.2 Å². The number of hydrogen-bond donors (Lipinski definition) is 2. The molecule has 0 radical (unpaired) electrons. The monoisotopic (exact) mass is 437 g/mol. The van der Waals surface area contributed by atoms with Crippen LogP contribution in [0.5, 0.6) is 5.75 Å². The van der Waals surface area contributed by atoms with Gasteiger partial charge in [-0.25, -0.2) is 0 Å². The molecule has 0 spiro atoms.